The van der Waals surface area contributed by atoms with Gasteiger partial charge in [-0.15, -0.1) is 11.8 Å². The van der Waals surface area contributed by atoms with Crippen molar-refractivity contribution in [1.82, 2.24) is 10.2 Å². The van der Waals surface area contributed by atoms with Crippen molar-refractivity contribution < 1.29 is 23.8 Å². The number of nitrogens with zero attached hydrogens (tertiary/aromatic N) is 3. The number of amides is 4. The molecule has 3 aliphatic rings. The Morgan fingerprint density at radius 3 is 2.36 bits per heavy atom. The van der Waals surface area contributed by atoms with Gasteiger partial charge in [0, 0.05) is 78.7 Å². The van der Waals surface area contributed by atoms with Gasteiger partial charge in [0.1, 0.15) is 6.54 Å². The van der Waals surface area contributed by atoms with E-state index in [1.165, 1.54) is 61.7 Å². The van der Waals surface area contributed by atoms with Gasteiger partial charge in [0.15, 0.2) is 5.71 Å². The SMILES string of the molecule is CC[N+]1=C(/C=C/C=C/C=C2/N(CCCCCC(=O)NCCN3C(=O)CC(SCC(C)C(N)=O)C3=O)c3ccc(C)cc3C2(C)C)C(C)(C)c2cc(C)ccc21. The average molecular weight is 767 g/mol. The van der Waals surface area contributed by atoms with E-state index in [4.69, 9.17) is 5.73 Å². The van der Waals surface area contributed by atoms with Gasteiger partial charge in [-0.05, 0) is 71.2 Å². The Balaban J connectivity index is 1.14. The number of aryl methyl sites for hydroxylation is 2. The summed E-state index contributed by atoms with van der Waals surface area (Å²) in [5, 5.41) is 2.37. The van der Waals surface area contributed by atoms with Gasteiger partial charge < -0.3 is 16.0 Å². The Bertz CT molecular complexity index is 1940. The van der Waals surface area contributed by atoms with Crippen LogP contribution in [0.4, 0.5) is 11.4 Å². The summed E-state index contributed by atoms with van der Waals surface area (Å²) < 4.78 is 2.42. The lowest BCUT2D eigenvalue weighted by Crippen LogP contribution is -2.39. The zero-order chi connectivity index (χ0) is 40.1. The summed E-state index contributed by atoms with van der Waals surface area (Å²) >= 11 is 1.29. The molecule has 0 saturated carbocycles. The molecule has 2 aromatic rings. The van der Waals surface area contributed by atoms with Gasteiger partial charge in [0.05, 0.1) is 10.7 Å². The summed E-state index contributed by atoms with van der Waals surface area (Å²) in [7, 11) is 0. The Morgan fingerprint density at radius 2 is 1.65 bits per heavy atom. The number of primary amides is 1. The standard InChI is InChI=1S/C45H59N5O4S/c1-9-48-35-21-19-30(2)26-33(35)44(5,6)38(48)16-12-10-13-17-39-45(7,8)34-27-31(3)20-22-36(34)49(39)24-15-11-14-18-40(51)47-23-25-50-41(52)28-37(43(50)54)55-29-32(4)42(46)53/h10,12-13,16-17,19-22,26-27,32,37H,9,11,14-15,18,23-25,28-29H2,1-8H3,(H2-,46,47,51,53)/p+1. The third-order valence-corrected chi connectivity index (χ3v) is 12.8. The number of carbonyl (C=O) groups excluding carboxylic acids is 4. The minimum atomic E-state index is -0.505. The van der Waals surface area contributed by atoms with Crippen LogP contribution >= 0.6 is 11.8 Å². The number of rotatable bonds is 17. The molecule has 294 valence electrons. The van der Waals surface area contributed by atoms with Gasteiger partial charge in [-0.3, -0.25) is 24.1 Å². The van der Waals surface area contributed by atoms with Crippen molar-refractivity contribution in [2.45, 2.75) is 104 Å². The molecule has 0 bridgehead atoms. The second kappa shape index (κ2) is 17.6. The highest BCUT2D eigenvalue weighted by Crippen LogP contribution is 2.48. The average Bonchev–Trinajstić information content (AvgIpc) is 3.61. The molecule has 1 fully saturated rings. The fourth-order valence-electron chi connectivity index (χ4n) is 8.01. The van der Waals surface area contributed by atoms with Gasteiger partial charge in [-0.2, -0.15) is 4.58 Å². The molecular formula is C45H60N5O4S+. The molecule has 2 unspecified atom stereocenters. The first-order valence-corrected chi connectivity index (χ1v) is 20.8. The van der Waals surface area contributed by atoms with Crippen molar-refractivity contribution in [3.8, 4) is 0 Å². The number of imide groups is 1. The molecule has 0 aromatic heterocycles. The zero-order valence-corrected chi connectivity index (χ0v) is 34.9. The summed E-state index contributed by atoms with van der Waals surface area (Å²) in [6, 6.07) is 13.5. The van der Waals surface area contributed by atoms with E-state index in [2.05, 4.69) is 130 Å². The molecule has 2 atom stereocenters. The molecule has 10 heteroatoms. The van der Waals surface area contributed by atoms with E-state index in [-0.39, 0.29) is 54.0 Å². The smallest absolute Gasteiger partial charge is 0.242 e. The monoisotopic (exact) mass is 766 g/mol. The predicted molar refractivity (Wildman–Crippen MR) is 225 cm³/mol. The highest BCUT2D eigenvalue weighted by molar-refractivity contribution is 8.00. The van der Waals surface area contributed by atoms with Crippen LogP contribution in [0.15, 0.2) is 72.5 Å². The molecule has 0 radical (unpaired) electrons. The minimum Gasteiger partial charge on any atom is -0.369 e. The van der Waals surface area contributed by atoms with Gasteiger partial charge in [-0.1, -0.05) is 74.7 Å². The number of unbranched alkanes of at least 4 members (excludes halogenated alkanes) is 2. The van der Waals surface area contributed by atoms with Crippen molar-refractivity contribution in [3.05, 3.63) is 94.7 Å². The first-order valence-electron chi connectivity index (χ1n) is 19.8. The third kappa shape index (κ3) is 9.17. The number of likely N-dealkylation sites (tertiary alicyclic amines) is 1. The number of hydrogen-bond donors (Lipinski definition) is 2. The molecular weight excluding hydrogens is 707 g/mol. The third-order valence-electron chi connectivity index (χ3n) is 11.3. The molecule has 4 amide bonds. The van der Waals surface area contributed by atoms with E-state index in [1.54, 1.807) is 6.92 Å². The number of thioether (sulfide) groups is 1. The molecule has 3 aliphatic heterocycles. The minimum absolute atomic E-state index is 0.0724. The zero-order valence-electron chi connectivity index (χ0n) is 34.0. The lowest BCUT2D eigenvalue weighted by atomic mass is 9.81. The van der Waals surface area contributed by atoms with Crippen LogP contribution < -0.4 is 16.0 Å². The molecule has 55 heavy (non-hydrogen) atoms. The van der Waals surface area contributed by atoms with E-state index in [9.17, 15) is 19.2 Å². The second-order valence-electron chi connectivity index (χ2n) is 16.2. The van der Waals surface area contributed by atoms with Crippen LogP contribution in [0.5, 0.6) is 0 Å². The Hall–Kier alpha value is -4.44. The number of fused-ring (bicyclic) bond motifs is 2. The van der Waals surface area contributed by atoms with Gasteiger partial charge in [-0.25, -0.2) is 0 Å². The lowest BCUT2D eigenvalue weighted by molar-refractivity contribution is -0.433. The van der Waals surface area contributed by atoms with Crippen molar-refractivity contribution in [3.63, 3.8) is 0 Å². The van der Waals surface area contributed by atoms with Gasteiger partial charge in [0.2, 0.25) is 29.3 Å². The van der Waals surface area contributed by atoms with Crippen LogP contribution in [-0.4, -0.2) is 76.0 Å². The molecule has 0 aliphatic carbocycles. The maximum atomic E-state index is 12.7. The highest BCUT2D eigenvalue weighted by Gasteiger charge is 2.44. The van der Waals surface area contributed by atoms with Crippen molar-refractivity contribution in [2.24, 2.45) is 11.7 Å². The van der Waals surface area contributed by atoms with Gasteiger partial charge in [0.25, 0.3) is 0 Å². The number of benzene rings is 2. The number of carbonyl (C=O) groups is 4. The van der Waals surface area contributed by atoms with Crippen LogP contribution in [0, 0.1) is 19.8 Å². The summed E-state index contributed by atoms with van der Waals surface area (Å²) in [6.45, 7) is 19.6. The van der Waals surface area contributed by atoms with E-state index in [1.807, 2.05) is 0 Å². The fraction of sp³-hybridized carbons (Fsp3) is 0.489. The van der Waals surface area contributed by atoms with Crippen LogP contribution in [0.25, 0.3) is 0 Å². The number of hydrogen-bond acceptors (Lipinski definition) is 6. The van der Waals surface area contributed by atoms with E-state index in [0.717, 1.165) is 32.4 Å². The predicted octanol–water partition coefficient (Wildman–Crippen LogP) is 7.15. The summed E-state index contributed by atoms with van der Waals surface area (Å²) in [5.41, 5.74) is 15.4. The topological polar surface area (TPSA) is 116 Å². The van der Waals surface area contributed by atoms with Crippen molar-refractivity contribution in [1.29, 1.82) is 0 Å². The van der Waals surface area contributed by atoms with Crippen LogP contribution in [0.1, 0.15) is 95.9 Å². The van der Waals surface area contributed by atoms with Crippen LogP contribution in [0.2, 0.25) is 0 Å². The molecule has 3 N–H and O–H groups in total. The van der Waals surface area contributed by atoms with Crippen molar-refractivity contribution in [2.75, 3.05) is 36.8 Å². The quantitative estimate of drug-likeness (QED) is 0.0765. The number of anilines is 1. The number of nitrogens with one attached hydrogen (secondary N) is 1. The van der Waals surface area contributed by atoms with E-state index >= 15 is 0 Å². The Kier molecular flexibility index (Phi) is 13.3. The molecule has 0 spiro atoms. The normalized spacial score (nSPS) is 20.0. The van der Waals surface area contributed by atoms with Crippen molar-refractivity contribution >= 4 is 52.5 Å². The number of allylic oxidation sites excluding steroid dienone is 6. The second-order valence-corrected chi connectivity index (χ2v) is 17.5. The molecule has 3 heterocycles. The first kappa shape index (κ1) is 41.7. The summed E-state index contributed by atoms with van der Waals surface area (Å²) in [4.78, 5) is 52.8. The summed E-state index contributed by atoms with van der Waals surface area (Å²) in [6.07, 6.45) is 14.1. The van der Waals surface area contributed by atoms with E-state index in [0.29, 0.717) is 12.2 Å². The molecule has 5 rings (SSSR count). The van der Waals surface area contributed by atoms with Crippen LogP contribution in [0.3, 0.4) is 0 Å². The maximum Gasteiger partial charge on any atom is 0.242 e. The first-order chi connectivity index (χ1) is 26.1. The fourth-order valence-corrected chi connectivity index (χ4v) is 9.22. The number of nitrogens with two attached hydrogens (primary N) is 1. The molecule has 1 saturated heterocycles. The largest absolute Gasteiger partial charge is 0.369 e. The maximum absolute atomic E-state index is 12.7. The highest BCUT2D eigenvalue weighted by atomic mass is 32.2. The van der Waals surface area contributed by atoms with E-state index < -0.39 is 11.2 Å². The molecule has 9 nitrogen and oxygen atoms in total. The summed E-state index contributed by atoms with van der Waals surface area (Å²) in [5.74, 6) is -0.997. The van der Waals surface area contributed by atoms with Crippen LogP contribution in [-0.2, 0) is 30.0 Å². The Morgan fingerprint density at radius 1 is 0.945 bits per heavy atom. The van der Waals surface area contributed by atoms with Gasteiger partial charge >= 0.3 is 0 Å². The lowest BCUT2D eigenvalue weighted by Gasteiger charge is -2.27. The molecule has 2 aromatic carbocycles. The Labute approximate surface area is 332 Å².